The first-order chi connectivity index (χ1) is 9.75. The maximum atomic E-state index is 13.4. The van der Waals surface area contributed by atoms with E-state index in [-0.39, 0.29) is 15.1 Å². The molecule has 1 fully saturated rings. The second-order valence-corrected chi connectivity index (χ2v) is 8.06. The summed E-state index contributed by atoms with van der Waals surface area (Å²) >= 11 is 3.06. The zero-order valence-electron chi connectivity index (χ0n) is 11.6. The van der Waals surface area contributed by atoms with Crippen molar-refractivity contribution < 1.29 is 17.9 Å². The molecule has 2 unspecified atom stereocenters. The maximum absolute atomic E-state index is 13.4. The number of aliphatic hydroxyl groups excluding tert-OH is 1. The summed E-state index contributed by atoms with van der Waals surface area (Å²) in [6.07, 6.45) is 2.25. The molecule has 5 nitrogen and oxygen atoms in total. The van der Waals surface area contributed by atoms with Crippen LogP contribution in [-0.4, -0.2) is 37.0 Å². The van der Waals surface area contributed by atoms with E-state index in [4.69, 9.17) is 5.73 Å². The number of aliphatic hydroxyl groups is 1. The van der Waals surface area contributed by atoms with E-state index in [9.17, 15) is 17.9 Å². The molecule has 2 atom stereocenters. The number of benzene rings is 1. The van der Waals surface area contributed by atoms with Gasteiger partial charge in [0.1, 0.15) is 5.82 Å². The van der Waals surface area contributed by atoms with Crippen molar-refractivity contribution in [1.82, 2.24) is 4.31 Å². The summed E-state index contributed by atoms with van der Waals surface area (Å²) in [7, 11) is -2.43. The van der Waals surface area contributed by atoms with Gasteiger partial charge in [0.2, 0.25) is 10.0 Å². The monoisotopic (exact) mass is 380 g/mol. The summed E-state index contributed by atoms with van der Waals surface area (Å²) in [6, 6.07) is 1.66. The Balaban J connectivity index is 2.39. The normalized spacial score (nSPS) is 23.5. The minimum Gasteiger partial charge on any atom is -0.396 e. The minimum absolute atomic E-state index is 0.0957. The highest BCUT2D eigenvalue weighted by Crippen LogP contribution is 2.32. The summed E-state index contributed by atoms with van der Waals surface area (Å²) in [4.78, 5) is -0.0957. The molecule has 0 radical (unpaired) electrons. The highest BCUT2D eigenvalue weighted by Gasteiger charge is 2.35. The van der Waals surface area contributed by atoms with Crippen LogP contribution in [0.25, 0.3) is 0 Å². The first kappa shape index (κ1) is 16.7. The predicted molar refractivity (Wildman–Crippen MR) is 81.7 cm³/mol. The molecule has 1 aliphatic carbocycles. The van der Waals surface area contributed by atoms with Gasteiger partial charge in [0.05, 0.1) is 22.7 Å². The molecule has 0 amide bonds. The lowest BCUT2D eigenvalue weighted by Crippen LogP contribution is -2.46. The van der Waals surface area contributed by atoms with Crippen molar-refractivity contribution in [2.45, 2.75) is 42.7 Å². The Bertz CT molecular complexity index is 639. The lowest BCUT2D eigenvalue weighted by atomic mass is 9.93. The van der Waals surface area contributed by atoms with Crippen molar-refractivity contribution in [1.29, 1.82) is 0 Å². The molecule has 1 aliphatic rings. The number of rotatable bonds is 3. The van der Waals surface area contributed by atoms with Gasteiger partial charge in [-0.2, -0.15) is 4.31 Å². The molecule has 118 valence electrons. The van der Waals surface area contributed by atoms with Crippen LogP contribution in [0, 0.1) is 5.82 Å². The Morgan fingerprint density at radius 1 is 1.38 bits per heavy atom. The van der Waals surface area contributed by atoms with E-state index in [0.29, 0.717) is 12.8 Å². The van der Waals surface area contributed by atoms with E-state index in [1.54, 1.807) is 0 Å². The second-order valence-electron chi connectivity index (χ2n) is 5.24. The number of sulfonamides is 1. The second kappa shape index (κ2) is 6.20. The molecule has 1 aromatic carbocycles. The van der Waals surface area contributed by atoms with Gasteiger partial charge in [-0.05, 0) is 40.9 Å². The first-order valence-corrected chi connectivity index (χ1v) is 8.89. The molecule has 0 aliphatic heterocycles. The molecule has 1 aromatic rings. The fourth-order valence-electron chi connectivity index (χ4n) is 2.59. The number of anilines is 1. The average Bonchev–Trinajstić information content (AvgIpc) is 2.42. The van der Waals surface area contributed by atoms with Crippen molar-refractivity contribution in [2.75, 3.05) is 12.8 Å². The van der Waals surface area contributed by atoms with Crippen LogP contribution >= 0.6 is 15.9 Å². The van der Waals surface area contributed by atoms with Crippen LogP contribution in [-0.2, 0) is 10.0 Å². The number of likely N-dealkylation sites (N-methyl/N-ethyl adjacent to an activating group) is 1. The van der Waals surface area contributed by atoms with Crippen molar-refractivity contribution in [2.24, 2.45) is 0 Å². The van der Waals surface area contributed by atoms with Gasteiger partial charge in [0, 0.05) is 11.5 Å². The van der Waals surface area contributed by atoms with Crippen LogP contribution in [0.3, 0.4) is 0 Å². The molecular weight excluding hydrogens is 363 g/mol. The molecule has 0 spiro atoms. The molecule has 0 aromatic heterocycles. The van der Waals surface area contributed by atoms with E-state index < -0.39 is 28.0 Å². The predicted octanol–water partition coefficient (Wildman–Crippen LogP) is 2.09. The third kappa shape index (κ3) is 3.23. The molecule has 0 bridgehead atoms. The standard InChI is InChI=1S/C13H18BrFN2O3S/c1-17(11-4-2-3-5-12(11)18)21(19,20)13-7-10(16)9(15)6-8(13)14/h6-7,11-12,18H,2-5,16H2,1H3. The zero-order valence-corrected chi connectivity index (χ0v) is 14.0. The third-order valence-electron chi connectivity index (χ3n) is 3.87. The van der Waals surface area contributed by atoms with Crippen molar-refractivity contribution in [3.05, 3.63) is 22.4 Å². The molecule has 0 saturated heterocycles. The number of hydrogen-bond acceptors (Lipinski definition) is 4. The highest BCUT2D eigenvalue weighted by molar-refractivity contribution is 9.10. The molecule has 0 heterocycles. The van der Waals surface area contributed by atoms with Crippen LogP contribution < -0.4 is 5.73 Å². The van der Waals surface area contributed by atoms with Crippen LogP contribution in [0.15, 0.2) is 21.5 Å². The van der Waals surface area contributed by atoms with Gasteiger partial charge in [-0.1, -0.05) is 12.8 Å². The molecule has 21 heavy (non-hydrogen) atoms. The number of nitrogen functional groups attached to an aromatic ring is 1. The lowest BCUT2D eigenvalue weighted by Gasteiger charge is -2.34. The van der Waals surface area contributed by atoms with Gasteiger partial charge < -0.3 is 10.8 Å². The van der Waals surface area contributed by atoms with Crippen LogP contribution in [0.5, 0.6) is 0 Å². The summed E-state index contributed by atoms with van der Waals surface area (Å²) in [5, 5.41) is 10.0. The SMILES string of the molecule is CN(C1CCCCC1O)S(=O)(=O)c1cc(N)c(F)cc1Br. The van der Waals surface area contributed by atoms with Crippen LogP contribution in [0.2, 0.25) is 0 Å². The van der Waals surface area contributed by atoms with E-state index in [1.165, 1.54) is 7.05 Å². The highest BCUT2D eigenvalue weighted by atomic mass is 79.9. The summed E-state index contributed by atoms with van der Waals surface area (Å²) < 4.78 is 40.0. The Morgan fingerprint density at radius 3 is 2.62 bits per heavy atom. The number of nitrogens with two attached hydrogens (primary N) is 1. The lowest BCUT2D eigenvalue weighted by molar-refractivity contribution is 0.0638. The summed E-state index contributed by atoms with van der Waals surface area (Å²) in [5.74, 6) is -0.679. The van der Waals surface area contributed by atoms with Gasteiger partial charge in [0.25, 0.3) is 0 Å². The van der Waals surface area contributed by atoms with Crippen LogP contribution in [0.1, 0.15) is 25.7 Å². The molecule has 8 heteroatoms. The van der Waals surface area contributed by atoms with Gasteiger partial charge in [-0.3, -0.25) is 0 Å². The Labute approximate surface area is 132 Å². The van der Waals surface area contributed by atoms with E-state index in [2.05, 4.69) is 15.9 Å². The molecular formula is C13H18BrFN2O3S. The van der Waals surface area contributed by atoms with Gasteiger partial charge in [-0.15, -0.1) is 0 Å². The van der Waals surface area contributed by atoms with E-state index in [0.717, 1.165) is 29.3 Å². The summed E-state index contributed by atoms with van der Waals surface area (Å²) in [6.45, 7) is 0. The molecule has 3 N–H and O–H groups in total. The number of hydrogen-bond donors (Lipinski definition) is 2. The Kier molecular flexibility index (Phi) is 4.92. The van der Waals surface area contributed by atoms with Crippen LogP contribution in [0.4, 0.5) is 10.1 Å². The summed E-state index contributed by atoms with van der Waals surface area (Å²) in [5.41, 5.74) is 5.24. The van der Waals surface area contributed by atoms with Gasteiger partial charge >= 0.3 is 0 Å². The van der Waals surface area contributed by atoms with E-state index >= 15 is 0 Å². The fraction of sp³-hybridized carbons (Fsp3) is 0.538. The quantitative estimate of drug-likeness (QED) is 0.786. The number of nitrogens with zero attached hydrogens (tertiary/aromatic N) is 1. The fourth-order valence-corrected chi connectivity index (χ4v) is 5.01. The Morgan fingerprint density at radius 2 is 2.00 bits per heavy atom. The molecule has 1 saturated carbocycles. The van der Waals surface area contributed by atoms with Crippen molar-refractivity contribution in [3.63, 3.8) is 0 Å². The topological polar surface area (TPSA) is 83.6 Å². The zero-order chi connectivity index (χ0) is 15.8. The first-order valence-electron chi connectivity index (χ1n) is 6.65. The minimum atomic E-state index is -3.86. The van der Waals surface area contributed by atoms with Gasteiger partial charge in [0.15, 0.2) is 0 Å². The third-order valence-corrected chi connectivity index (χ3v) is 6.71. The Hall–Kier alpha value is -0.700. The maximum Gasteiger partial charge on any atom is 0.244 e. The van der Waals surface area contributed by atoms with E-state index in [1.807, 2.05) is 0 Å². The van der Waals surface area contributed by atoms with Crippen molar-refractivity contribution in [3.8, 4) is 0 Å². The smallest absolute Gasteiger partial charge is 0.244 e. The van der Waals surface area contributed by atoms with Gasteiger partial charge in [-0.25, -0.2) is 12.8 Å². The largest absolute Gasteiger partial charge is 0.396 e. The van der Waals surface area contributed by atoms with Crippen molar-refractivity contribution >= 4 is 31.6 Å². The average molecular weight is 381 g/mol. The number of halogens is 2. The molecule has 2 rings (SSSR count).